The molecular weight excluding hydrogens is 253 g/mol. The molecule has 0 spiro atoms. The first kappa shape index (κ1) is 12.5. The van der Waals surface area contributed by atoms with Gasteiger partial charge in [0.25, 0.3) is 13.1 Å². The average molecular weight is 263 g/mol. The van der Waals surface area contributed by atoms with Crippen LogP contribution in [0.3, 0.4) is 0 Å². The van der Waals surface area contributed by atoms with Gasteiger partial charge in [-0.25, -0.2) is 0 Å². The molecule has 0 radical (unpaired) electrons. The minimum atomic E-state index is -3.93. The van der Waals surface area contributed by atoms with E-state index < -0.39 is 12.3 Å². The first-order valence-electron chi connectivity index (χ1n) is 5.16. The van der Waals surface area contributed by atoms with Gasteiger partial charge < -0.3 is 4.89 Å². The highest BCUT2D eigenvalue weighted by Crippen LogP contribution is 2.40. The molecule has 2 rings (SSSR count). The molecule has 6 heteroatoms. The number of nitrogens with zero attached hydrogens (tertiary/aromatic N) is 1. The van der Waals surface area contributed by atoms with E-state index in [2.05, 4.69) is 0 Å². The van der Waals surface area contributed by atoms with Gasteiger partial charge in [-0.15, -0.1) is 0 Å². The molecule has 0 heterocycles. The number of benzene rings is 2. The summed E-state index contributed by atoms with van der Waals surface area (Å²) in [5.41, 5.74) is -0.341. The van der Waals surface area contributed by atoms with Crippen LogP contribution >= 0.6 is 7.37 Å². The van der Waals surface area contributed by atoms with E-state index in [1.165, 1.54) is 36.4 Å². The molecule has 0 amide bonds. The van der Waals surface area contributed by atoms with E-state index in [0.29, 0.717) is 0 Å². The van der Waals surface area contributed by atoms with Gasteiger partial charge in [0.1, 0.15) is 5.30 Å². The number of hydrogen-bond donors (Lipinski definition) is 1. The fourth-order valence-electron chi connectivity index (χ4n) is 1.64. The number of rotatable bonds is 3. The third-order valence-electron chi connectivity index (χ3n) is 2.51. The molecule has 0 aliphatic rings. The van der Waals surface area contributed by atoms with Crippen LogP contribution in [0.15, 0.2) is 54.6 Å². The van der Waals surface area contributed by atoms with Crippen molar-refractivity contribution in [3.63, 3.8) is 0 Å². The molecule has 0 saturated carbocycles. The molecule has 1 atom stereocenters. The van der Waals surface area contributed by atoms with E-state index in [9.17, 15) is 19.6 Å². The van der Waals surface area contributed by atoms with Crippen LogP contribution in [0.25, 0.3) is 0 Å². The van der Waals surface area contributed by atoms with Gasteiger partial charge in [0, 0.05) is 11.4 Å². The number of nitro benzene ring substituents is 1. The van der Waals surface area contributed by atoms with E-state index in [1.807, 2.05) is 0 Å². The summed E-state index contributed by atoms with van der Waals surface area (Å²) < 4.78 is 12.4. The molecule has 1 N–H and O–H groups in total. The highest BCUT2D eigenvalue weighted by atomic mass is 31.2. The molecule has 2 aromatic carbocycles. The molecule has 0 aliphatic heterocycles. The number of nitro groups is 1. The van der Waals surface area contributed by atoms with Crippen LogP contribution in [0.1, 0.15) is 0 Å². The Balaban J connectivity index is 2.62. The zero-order valence-electron chi connectivity index (χ0n) is 9.26. The van der Waals surface area contributed by atoms with Gasteiger partial charge in [0.15, 0.2) is 0 Å². The molecule has 0 fully saturated rings. The van der Waals surface area contributed by atoms with E-state index in [1.54, 1.807) is 18.2 Å². The van der Waals surface area contributed by atoms with Crippen LogP contribution in [0.2, 0.25) is 0 Å². The van der Waals surface area contributed by atoms with Crippen LogP contribution < -0.4 is 10.6 Å². The lowest BCUT2D eigenvalue weighted by atomic mass is 10.3. The molecule has 0 bridgehead atoms. The van der Waals surface area contributed by atoms with Crippen LogP contribution in [-0.4, -0.2) is 9.82 Å². The Bertz CT molecular complexity index is 627. The molecule has 5 nitrogen and oxygen atoms in total. The summed E-state index contributed by atoms with van der Waals surface area (Å²) in [5, 5.41) is 10.9. The topological polar surface area (TPSA) is 80.4 Å². The monoisotopic (exact) mass is 263 g/mol. The second-order valence-corrected chi connectivity index (χ2v) is 5.81. The maximum Gasteiger partial charge on any atom is 0.282 e. The van der Waals surface area contributed by atoms with Crippen molar-refractivity contribution >= 4 is 23.7 Å². The zero-order chi connectivity index (χ0) is 13.2. The SMILES string of the molecule is O=[N+]([O-])c1ccccc1P(=O)(O)c1ccccc1. The van der Waals surface area contributed by atoms with Gasteiger partial charge in [-0.2, -0.15) is 0 Å². The lowest BCUT2D eigenvalue weighted by molar-refractivity contribution is -0.383. The van der Waals surface area contributed by atoms with Crippen LogP contribution in [0.5, 0.6) is 0 Å². The van der Waals surface area contributed by atoms with Crippen molar-refractivity contribution in [2.75, 3.05) is 0 Å². The van der Waals surface area contributed by atoms with Crippen molar-refractivity contribution in [1.29, 1.82) is 0 Å². The Morgan fingerprint density at radius 3 is 2.17 bits per heavy atom. The molecule has 2 aromatic rings. The van der Waals surface area contributed by atoms with Gasteiger partial charge in [0.05, 0.1) is 4.92 Å². The fraction of sp³-hybridized carbons (Fsp3) is 0. The summed E-state index contributed by atoms with van der Waals surface area (Å²) >= 11 is 0. The second-order valence-electron chi connectivity index (χ2n) is 3.66. The van der Waals surface area contributed by atoms with Crippen molar-refractivity contribution in [3.8, 4) is 0 Å². The zero-order valence-corrected chi connectivity index (χ0v) is 10.2. The summed E-state index contributed by atoms with van der Waals surface area (Å²) in [5.74, 6) is 0. The Morgan fingerprint density at radius 2 is 1.56 bits per heavy atom. The molecular formula is C12H10NO4P. The van der Waals surface area contributed by atoms with Gasteiger partial charge in [0.2, 0.25) is 0 Å². The Morgan fingerprint density at radius 1 is 1.00 bits per heavy atom. The highest BCUT2D eigenvalue weighted by Gasteiger charge is 2.31. The quantitative estimate of drug-likeness (QED) is 0.520. The van der Waals surface area contributed by atoms with E-state index in [4.69, 9.17) is 0 Å². The third kappa shape index (κ3) is 2.18. The molecule has 0 aliphatic carbocycles. The normalized spacial score (nSPS) is 13.8. The second kappa shape index (κ2) is 4.72. The van der Waals surface area contributed by atoms with Gasteiger partial charge in [-0.3, -0.25) is 14.7 Å². The van der Waals surface area contributed by atoms with E-state index >= 15 is 0 Å². The summed E-state index contributed by atoms with van der Waals surface area (Å²) in [7, 11) is -3.93. The van der Waals surface area contributed by atoms with Gasteiger partial charge >= 0.3 is 0 Å². The largest absolute Gasteiger partial charge is 0.338 e. The standard InChI is InChI=1S/C12H10NO4P/c14-13(15)11-8-4-5-9-12(11)18(16,17)10-6-2-1-3-7-10/h1-9H,(H,16,17). The van der Waals surface area contributed by atoms with Crippen molar-refractivity contribution in [1.82, 2.24) is 0 Å². The molecule has 0 aromatic heterocycles. The highest BCUT2D eigenvalue weighted by molar-refractivity contribution is 7.73. The van der Waals surface area contributed by atoms with Gasteiger partial charge in [-0.05, 0) is 18.2 Å². The van der Waals surface area contributed by atoms with E-state index in [0.717, 1.165) is 0 Å². The fourth-order valence-corrected chi connectivity index (χ4v) is 3.25. The van der Waals surface area contributed by atoms with Crippen LogP contribution in [0.4, 0.5) is 5.69 Å². The number of hydrogen-bond acceptors (Lipinski definition) is 3. The summed E-state index contributed by atoms with van der Waals surface area (Å²) in [6.07, 6.45) is 0. The molecule has 18 heavy (non-hydrogen) atoms. The van der Waals surface area contributed by atoms with Crippen molar-refractivity contribution in [2.24, 2.45) is 0 Å². The molecule has 92 valence electrons. The first-order chi connectivity index (χ1) is 8.53. The average Bonchev–Trinajstić information content (AvgIpc) is 2.39. The Labute approximate surface area is 103 Å². The molecule has 1 unspecified atom stereocenters. The summed E-state index contributed by atoms with van der Waals surface area (Å²) in [6, 6.07) is 13.4. The van der Waals surface area contributed by atoms with Crippen molar-refractivity contribution in [2.45, 2.75) is 0 Å². The smallest absolute Gasteiger partial charge is 0.282 e. The minimum Gasteiger partial charge on any atom is -0.338 e. The van der Waals surface area contributed by atoms with Crippen LogP contribution in [0, 0.1) is 10.1 Å². The van der Waals surface area contributed by atoms with Crippen LogP contribution in [-0.2, 0) is 4.57 Å². The van der Waals surface area contributed by atoms with Gasteiger partial charge in [-0.1, -0.05) is 30.3 Å². The Hall–Kier alpha value is -1.97. The summed E-state index contributed by atoms with van der Waals surface area (Å²) in [4.78, 5) is 20.4. The maximum atomic E-state index is 12.4. The predicted molar refractivity (Wildman–Crippen MR) is 68.6 cm³/mol. The third-order valence-corrected chi connectivity index (χ3v) is 4.54. The lowest BCUT2D eigenvalue weighted by Crippen LogP contribution is -2.18. The first-order valence-corrected chi connectivity index (χ1v) is 6.82. The predicted octanol–water partition coefficient (Wildman–Crippen LogP) is 1.82. The maximum absolute atomic E-state index is 12.4. The lowest BCUT2D eigenvalue weighted by Gasteiger charge is -2.11. The Kier molecular flexibility index (Phi) is 3.28. The minimum absolute atomic E-state index is 0.152. The van der Waals surface area contributed by atoms with E-state index in [-0.39, 0.29) is 16.3 Å². The number of para-hydroxylation sites is 1. The van der Waals surface area contributed by atoms with Crippen molar-refractivity contribution in [3.05, 3.63) is 64.7 Å². The summed E-state index contributed by atoms with van der Waals surface area (Å²) in [6.45, 7) is 0. The molecule has 0 saturated heterocycles. The van der Waals surface area contributed by atoms with Crippen molar-refractivity contribution < 1.29 is 14.4 Å².